The Labute approximate surface area is 144 Å². The highest BCUT2D eigenvalue weighted by atomic mass is 16.7. The minimum atomic E-state index is -0.183. The molecule has 1 fully saturated rings. The van der Waals surface area contributed by atoms with Gasteiger partial charge < -0.3 is 14.8 Å². The topological polar surface area (TPSA) is 30.5 Å². The molecule has 0 radical (unpaired) electrons. The lowest BCUT2D eigenvalue weighted by molar-refractivity contribution is -0.0441. The maximum Gasteiger partial charge on any atom is 0.184 e. The summed E-state index contributed by atoms with van der Waals surface area (Å²) in [5.74, 6) is 0.637. The van der Waals surface area contributed by atoms with E-state index in [4.69, 9.17) is 9.47 Å². The summed E-state index contributed by atoms with van der Waals surface area (Å²) >= 11 is 0. The summed E-state index contributed by atoms with van der Waals surface area (Å²) in [6, 6.07) is 15.7. The Hall–Kier alpha value is -1.68. The maximum atomic E-state index is 5.54. The molecule has 24 heavy (non-hydrogen) atoms. The van der Waals surface area contributed by atoms with Crippen LogP contribution in [0.1, 0.15) is 59.4 Å². The molecule has 2 atom stereocenters. The number of ether oxygens (including phenoxy) is 2. The van der Waals surface area contributed by atoms with Crippen LogP contribution in [0.5, 0.6) is 0 Å². The van der Waals surface area contributed by atoms with Gasteiger partial charge in [0.1, 0.15) is 0 Å². The van der Waals surface area contributed by atoms with Crippen molar-refractivity contribution in [2.45, 2.75) is 45.1 Å². The zero-order valence-corrected chi connectivity index (χ0v) is 14.4. The van der Waals surface area contributed by atoms with E-state index >= 15 is 0 Å². The van der Waals surface area contributed by atoms with E-state index in [1.54, 1.807) is 5.56 Å². The van der Waals surface area contributed by atoms with Gasteiger partial charge in [0.05, 0.1) is 13.2 Å². The van der Waals surface area contributed by atoms with Crippen molar-refractivity contribution in [3.63, 3.8) is 0 Å². The van der Waals surface area contributed by atoms with E-state index in [0.717, 1.165) is 12.1 Å². The number of hydrogen-bond acceptors (Lipinski definition) is 3. The first kappa shape index (κ1) is 15.8. The highest BCUT2D eigenvalue weighted by Gasteiger charge is 2.28. The summed E-state index contributed by atoms with van der Waals surface area (Å²) in [6.07, 6.45) is 1.000. The number of rotatable bonds is 4. The van der Waals surface area contributed by atoms with E-state index in [0.29, 0.717) is 25.2 Å². The average Bonchev–Trinajstić information content (AvgIpc) is 3.23. The van der Waals surface area contributed by atoms with Crippen molar-refractivity contribution < 1.29 is 9.47 Å². The first-order valence-corrected chi connectivity index (χ1v) is 8.87. The van der Waals surface area contributed by atoms with Crippen molar-refractivity contribution in [1.29, 1.82) is 0 Å². The Morgan fingerprint density at radius 1 is 1.04 bits per heavy atom. The molecule has 126 valence electrons. The third-order valence-corrected chi connectivity index (χ3v) is 5.24. The van der Waals surface area contributed by atoms with Crippen LogP contribution < -0.4 is 5.32 Å². The van der Waals surface area contributed by atoms with Gasteiger partial charge in [-0.25, -0.2) is 0 Å². The SMILES string of the molecule is Cc1cccc2c1C(C)CC2NCc1ccc(C2OCCO2)cc1. The molecule has 1 heterocycles. The minimum absolute atomic E-state index is 0.183. The van der Waals surface area contributed by atoms with Crippen LogP contribution in [0, 0.1) is 6.92 Å². The van der Waals surface area contributed by atoms with Gasteiger partial charge in [0.15, 0.2) is 6.29 Å². The number of aryl methyl sites for hydroxylation is 1. The van der Waals surface area contributed by atoms with Gasteiger partial charge in [-0.1, -0.05) is 49.4 Å². The molecule has 0 aromatic heterocycles. The molecule has 2 aromatic carbocycles. The number of hydrogen-bond donors (Lipinski definition) is 1. The van der Waals surface area contributed by atoms with E-state index in [2.05, 4.69) is 61.6 Å². The van der Waals surface area contributed by atoms with Crippen molar-refractivity contribution in [1.82, 2.24) is 5.32 Å². The molecule has 3 heteroatoms. The van der Waals surface area contributed by atoms with E-state index < -0.39 is 0 Å². The van der Waals surface area contributed by atoms with Crippen LogP contribution in [0.3, 0.4) is 0 Å². The van der Waals surface area contributed by atoms with E-state index in [1.165, 1.54) is 23.1 Å². The van der Waals surface area contributed by atoms with E-state index in [9.17, 15) is 0 Å². The highest BCUT2D eigenvalue weighted by molar-refractivity contribution is 5.43. The van der Waals surface area contributed by atoms with E-state index in [1.807, 2.05) is 0 Å². The van der Waals surface area contributed by atoms with E-state index in [-0.39, 0.29) is 6.29 Å². The maximum absolute atomic E-state index is 5.54. The van der Waals surface area contributed by atoms with Crippen LogP contribution in [0.2, 0.25) is 0 Å². The summed E-state index contributed by atoms with van der Waals surface area (Å²) in [6.45, 7) is 6.82. The summed E-state index contributed by atoms with van der Waals surface area (Å²) in [4.78, 5) is 0. The highest BCUT2D eigenvalue weighted by Crippen LogP contribution is 2.41. The van der Waals surface area contributed by atoms with Gasteiger partial charge in [0.2, 0.25) is 0 Å². The van der Waals surface area contributed by atoms with Gasteiger partial charge in [-0.3, -0.25) is 0 Å². The van der Waals surface area contributed by atoms with Crippen molar-refractivity contribution >= 4 is 0 Å². The standard InChI is InChI=1S/C21H25NO2/c1-14-4-3-5-18-19(12-15(2)20(14)18)22-13-16-6-8-17(9-7-16)21-23-10-11-24-21/h3-9,15,19,21-22H,10-13H2,1-2H3. The lowest BCUT2D eigenvalue weighted by atomic mass is 9.98. The second-order valence-electron chi connectivity index (χ2n) is 6.96. The molecule has 2 aromatic rings. The van der Waals surface area contributed by atoms with Gasteiger partial charge in [-0.2, -0.15) is 0 Å². The lowest BCUT2D eigenvalue weighted by Crippen LogP contribution is -2.18. The van der Waals surface area contributed by atoms with Gasteiger partial charge >= 0.3 is 0 Å². The Bertz CT molecular complexity index is 704. The fraction of sp³-hybridized carbons (Fsp3) is 0.429. The summed E-state index contributed by atoms with van der Waals surface area (Å²) in [7, 11) is 0. The third-order valence-electron chi connectivity index (χ3n) is 5.24. The van der Waals surface area contributed by atoms with Gasteiger partial charge in [0, 0.05) is 18.2 Å². The number of fused-ring (bicyclic) bond motifs is 1. The average molecular weight is 323 g/mol. The molecule has 0 amide bonds. The monoisotopic (exact) mass is 323 g/mol. The molecular formula is C21H25NO2. The minimum Gasteiger partial charge on any atom is -0.346 e. The molecule has 2 aliphatic rings. The lowest BCUT2D eigenvalue weighted by Gasteiger charge is -2.15. The third kappa shape index (κ3) is 3.00. The van der Waals surface area contributed by atoms with Crippen LogP contribution >= 0.6 is 0 Å². The molecule has 0 spiro atoms. The van der Waals surface area contributed by atoms with Crippen LogP contribution in [0.4, 0.5) is 0 Å². The van der Waals surface area contributed by atoms with Gasteiger partial charge in [-0.05, 0) is 41.5 Å². The first-order valence-electron chi connectivity index (χ1n) is 8.87. The zero-order valence-electron chi connectivity index (χ0n) is 14.4. The molecule has 0 saturated carbocycles. The van der Waals surface area contributed by atoms with Crippen molar-refractivity contribution in [3.05, 3.63) is 70.3 Å². The quantitative estimate of drug-likeness (QED) is 0.906. The zero-order chi connectivity index (χ0) is 16.5. The van der Waals surface area contributed by atoms with Crippen LogP contribution in [-0.2, 0) is 16.0 Å². The van der Waals surface area contributed by atoms with Crippen molar-refractivity contribution in [2.24, 2.45) is 0 Å². The Balaban J connectivity index is 1.42. The molecule has 0 bridgehead atoms. The number of nitrogens with one attached hydrogen (secondary N) is 1. The molecule has 1 aliphatic carbocycles. The smallest absolute Gasteiger partial charge is 0.184 e. The second-order valence-corrected chi connectivity index (χ2v) is 6.96. The summed E-state index contributed by atoms with van der Waals surface area (Å²) in [5, 5.41) is 3.74. The Kier molecular flexibility index (Phi) is 4.40. The largest absolute Gasteiger partial charge is 0.346 e. The van der Waals surface area contributed by atoms with Gasteiger partial charge in [0.25, 0.3) is 0 Å². The molecule has 2 unspecified atom stereocenters. The predicted molar refractivity (Wildman–Crippen MR) is 94.9 cm³/mol. The Morgan fingerprint density at radius 2 is 1.79 bits per heavy atom. The van der Waals surface area contributed by atoms with Gasteiger partial charge in [-0.15, -0.1) is 0 Å². The predicted octanol–water partition coefficient (Wildman–Crippen LogP) is 4.38. The van der Waals surface area contributed by atoms with Crippen LogP contribution in [0.15, 0.2) is 42.5 Å². The summed E-state index contributed by atoms with van der Waals surface area (Å²) in [5.41, 5.74) is 6.84. The molecular weight excluding hydrogens is 298 g/mol. The normalized spacial score (nSPS) is 23.6. The van der Waals surface area contributed by atoms with Crippen molar-refractivity contribution in [2.75, 3.05) is 13.2 Å². The Morgan fingerprint density at radius 3 is 2.54 bits per heavy atom. The van der Waals surface area contributed by atoms with Crippen LogP contribution in [0.25, 0.3) is 0 Å². The van der Waals surface area contributed by atoms with Crippen LogP contribution in [-0.4, -0.2) is 13.2 Å². The molecule has 1 N–H and O–H groups in total. The number of benzene rings is 2. The molecule has 1 saturated heterocycles. The first-order chi connectivity index (χ1) is 11.7. The fourth-order valence-electron chi connectivity index (χ4n) is 4.06. The molecule has 4 rings (SSSR count). The second kappa shape index (κ2) is 6.67. The molecule has 1 aliphatic heterocycles. The fourth-order valence-corrected chi connectivity index (χ4v) is 4.06. The molecule has 3 nitrogen and oxygen atoms in total. The van der Waals surface area contributed by atoms with Crippen molar-refractivity contribution in [3.8, 4) is 0 Å². The summed E-state index contributed by atoms with van der Waals surface area (Å²) < 4.78 is 11.1.